The van der Waals surface area contributed by atoms with Crippen LogP contribution in [0.5, 0.6) is 0 Å². The Morgan fingerprint density at radius 2 is 1.94 bits per heavy atom. The largest absolute Gasteiger partial charge is 0.377 e. The highest BCUT2D eigenvalue weighted by atomic mass is 16.5. The maximum atomic E-state index is 5.79. The van der Waals surface area contributed by atoms with E-state index in [0.29, 0.717) is 0 Å². The Kier molecular flexibility index (Phi) is 5.36. The molecular weight excluding hydrogens is 222 g/mol. The normalized spacial score (nSPS) is 16.3. The van der Waals surface area contributed by atoms with Gasteiger partial charge in [0.15, 0.2) is 0 Å². The van der Waals surface area contributed by atoms with E-state index in [-0.39, 0.29) is 11.6 Å². The quantitative estimate of drug-likeness (QED) is 0.828. The summed E-state index contributed by atoms with van der Waals surface area (Å²) in [5, 5.41) is 3.58. The SMILES string of the molecule is CCNC(c1cccc(C)c1C)C(C)(CC)OC. The molecule has 0 radical (unpaired) electrons. The molecule has 2 heteroatoms. The molecule has 18 heavy (non-hydrogen) atoms. The molecule has 0 aromatic heterocycles. The van der Waals surface area contributed by atoms with Gasteiger partial charge >= 0.3 is 0 Å². The second-order valence-corrected chi connectivity index (χ2v) is 5.15. The molecule has 1 aromatic rings. The van der Waals surface area contributed by atoms with Crippen LogP contribution in [0, 0.1) is 13.8 Å². The zero-order valence-electron chi connectivity index (χ0n) is 12.6. The summed E-state index contributed by atoms with van der Waals surface area (Å²) in [6.07, 6.45) is 0.981. The van der Waals surface area contributed by atoms with Crippen molar-refractivity contribution in [3.8, 4) is 0 Å². The molecule has 0 spiro atoms. The first kappa shape index (κ1) is 15.2. The lowest BCUT2D eigenvalue weighted by atomic mass is 9.84. The number of likely N-dealkylation sites (N-methyl/N-ethyl adjacent to an activating group) is 1. The molecule has 2 atom stereocenters. The van der Waals surface area contributed by atoms with Crippen LogP contribution in [0.2, 0.25) is 0 Å². The van der Waals surface area contributed by atoms with Crippen LogP contribution in [0.1, 0.15) is 49.9 Å². The average Bonchev–Trinajstić information content (AvgIpc) is 2.39. The first-order valence-electron chi connectivity index (χ1n) is 6.84. The summed E-state index contributed by atoms with van der Waals surface area (Å²) >= 11 is 0. The minimum Gasteiger partial charge on any atom is -0.377 e. The monoisotopic (exact) mass is 249 g/mol. The number of benzene rings is 1. The molecule has 2 unspecified atom stereocenters. The van der Waals surface area contributed by atoms with Crippen LogP contribution in [0.4, 0.5) is 0 Å². The number of hydrogen-bond acceptors (Lipinski definition) is 2. The molecule has 0 bridgehead atoms. The van der Waals surface area contributed by atoms with E-state index in [9.17, 15) is 0 Å². The van der Waals surface area contributed by atoms with Gasteiger partial charge < -0.3 is 10.1 Å². The van der Waals surface area contributed by atoms with E-state index in [1.165, 1.54) is 16.7 Å². The van der Waals surface area contributed by atoms with E-state index < -0.39 is 0 Å². The summed E-state index contributed by atoms with van der Waals surface area (Å²) in [5.41, 5.74) is 3.88. The van der Waals surface area contributed by atoms with Crippen molar-refractivity contribution in [2.45, 2.75) is 52.7 Å². The maximum absolute atomic E-state index is 5.79. The Morgan fingerprint density at radius 3 is 2.44 bits per heavy atom. The zero-order chi connectivity index (χ0) is 13.8. The third-order valence-corrected chi connectivity index (χ3v) is 4.14. The maximum Gasteiger partial charge on any atom is 0.0842 e. The Bertz CT molecular complexity index is 383. The summed E-state index contributed by atoms with van der Waals surface area (Å²) in [5.74, 6) is 0. The minimum atomic E-state index is -0.172. The van der Waals surface area contributed by atoms with E-state index in [1.54, 1.807) is 7.11 Å². The predicted molar refractivity (Wildman–Crippen MR) is 78.0 cm³/mol. The molecule has 1 rings (SSSR count). The molecule has 0 saturated carbocycles. The molecule has 102 valence electrons. The zero-order valence-corrected chi connectivity index (χ0v) is 12.6. The fraction of sp³-hybridized carbons (Fsp3) is 0.625. The van der Waals surface area contributed by atoms with Crippen molar-refractivity contribution in [1.29, 1.82) is 0 Å². The second kappa shape index (κ2) is 6.35. The van der Waals surface area contributed by atoms with Crippen LogP contribution in [0.3, 0.4) is 0 Å². The highest BCUT2D eigenvalue weighted by Gasteiger charge is 2.34. The van der Waals surface area contributed by atoms with Crippen LogP contribution < -0.4 is 5.32 Å². The highest BCUT2D eigenvalue weighted by Crippen LogP contribution is 2.34. The fourth-order valence-corrected chi connectivity index (χ4v) is 2.41. The number of rotatable bonds is 6. The van der Waals surface area contributed by atoms with Gasteiger partial charge in [-0.15, -0.1) is 0 Å². The van der Waals surface area contributed by atoms with Crippen molar-refractivity contribution in [1.82, 2.24) is 5.32 Å². The van der Waals surface area contributed by atoms with E-state index in [4.69, 9.17) is 4.74 Å². The summed E-state index contributed by atoms with van der Waals surface area (Å²) in [6, 6.07) is 6.74. The van der Waals surface area contributed by atoms with Gasteiger partial charge in [-0.05, 0) is 50.4 Å². The molecule has 2 nitrogen and oxygen atoms in total. The van der Waals surface area contributed by atoms with Gasteiger partial charge in [0.05, 0.1) is 11.6 Å². The highest BCUT2D eigenvalue weighted by molar-refractivity contribution is 5.36. The first-order chi connectivity index (χ1) is 8.50. The van der Waals surface area contributed by atoms with Crippen LogP contribution in [0.25, 0.3) is 0 Å². The third kappa shape index (κ3) is 2.93. The van der Waals surface area contributed by atoms with Gasteiger partial charge in [-0.25, -0.2) is 0 Å². The van der Waals surface area contributed by atoms with E-state index in [1.807, 2.05) is 0 Å². The van der Waals surface area contributed by atoms with Crippen molar-refractivity contribution in [3.63, 3.8) is 0 Å². The fourth-order valence-electron chi connectivity index (χ4n) is 2.41. The lowest BCUT2D eigenvalue weighted by molar-refractivity contribution is -0.0297. The third-order valence-electron chi connectivity index (χ3n) is 4.14. The topological polar surface area (TPSA) is 21.3 Å². The number of ether oxygens (including phenoxy) is 1. The molecule has 0 heterocycles. The molecule has 0 aliphatic rings. The van der Waals surface area contributed by atoms with E-state index in [2.05, 4.69) is 58.1 Å². The first-order valence-corrected chi connectivity index (χ1v) is 6.84. The predicted octanol–water partition coefficient (Wildman–Crippen LogP) is 3.77. The smallest absolute Gasteiger partial charge is 0.0842 e. The van der Waals surface area contributed by atoms with Gasteiger partial charge in [0, 0.05) is 7.11 Å². The number of aryl methyl sites for hydroxylation is 1. The van der Waals surface area contributed by atoms with E-state index >= 15 is 0 Å². The molecule has 1 aromatic carbocycles. The van der Waals surface area contributed by atoms with Crippen LogP contribution >= 0.6 is 0 Å². The second-order valence-electron chi connectivity index (χ2n) is 5.15. The number of hydrogen-bond donors (Lipinski definition) is 1. The molecule has 0 fully saturated rings. The number of nitrogens with one attached hydrogen (secondary N) is 1. The van der Waals surface area contributed by atoms with Crippen LogP contribution in [-0.2, 0) is 4.74 Å². The Morgan fingerprint density at radius 1 is 1.28 bits per heavy atom. The van der Waals surface area contributed by atoms with Crippen LogP contribution in [0.15, 0.2) is 18.2 Å². The summed E-state index contributed by atoms with van der Waals surface area (Å²) in [4.78, 5) is 0. The van der Waals surface area contributed by atoms with Gasteiger partial charge in [0.2, 0.25) is 0 Å². The molecule has 1 N–H and O–H groups in total. The van der Waals surface area contributed by atoms with Crippen molar-refractivity contribution in [3.05, 3.63) is 34.9 Å². The molecule has 0 amide bonds. The van der Waals surface area contributed by atoms with Crippen LogP contribution in [-0.4, -0.2) is 19.3 Å². The average molecular weight is 249 g/mol. The molecule has 0 aliphatic carbocycles. The summed E-state index contributed by atoms with van der Waals surface area (Å²) in [6.45, 7) is 11.8. The Labute approximate surface area is 112 Å². The van der Waals surface area contributed by atoms with Crippen molar-refractivity contribution in [2.24, 2.45) is 0 Å². The Hall–Kier alpha value is -0.860. The van der Waals surface area contributed by atoms with Crippen molar-refractivity contribution in [2.75, 3.05) is 13.7 Å². The number of methoxy groups -OCH3 is 1. The molecule has 0 aliphatic heterocycles. The summed E-state index contributed by atoms with van der Waals surface area (Å²) in [7, 11) is 1.80. The minimum absolute atomic E-state index is 0.172. The lowest BCUT2D eigenvalue weighted by Crippen LogP contribution is -2.43. The van der Waals surface area contributed by atoms with Crippen molar-refractivity contribution >= 4 is 0 Å². The molecule has 0 saturated heterocycles. The van der Waals surface area contributed by atoms with Gasteiger partial charge in [-0.1, -0.05) is 32.0 Å². The summed E-state index contributed by atoms with van der Waals surface area (Å²) < 4.78 is 5.79. The van der Waals surface area contributed by atoms with Crippen molar-refractivity contribution < 1.29 is 4.74 Å². The molecular formula is C16H27NO. The van der Waals surface area contributed by atoms with Gasteiger partial charge in [0.1, 0.15) is 0 Å². The Balaban J connectivity index is 3.23. The standard InChI is InChI=1S/C16H27NO/c1-7-16(5,18-6)15(17-8-2)14-11-9-10-12(3)13(14)4/h9-11,15,17H,7-8H2,1-6H3. The van der Waals surface area contributed by atoms with Gasteiger partial charge in [-0.2, -0.15) is 0 Å². The lowest BCUT2D eigenvalue weighted by Gasteiger charge is -2.37. The van der Waals surface area contributed by atoms with Gasteiger partial charge in [0.25, 0.3) is 0 Å². The van der Waals surface area contributed by atoms with Gasteiger partial charge in [-0.3, -0.25) is 0 Å². The van der Waals surface area contributed by atoms with E-state index in [0.717, 1.165) is 13.0 Å².